The summed E-state index contributed by atoms with van der Waals surface area (Å²) in [6.45, 7) is -0.988. The molecule has 0 aliphatic heterocycles. The number of halogens is 2. The van der Waals surface area contributed by atoms with Crippen LogP contribution in [0.3, 0.4) is 0 Å². The predicted octanol–water partition coefficient (Wildman–Crippen LogP) is 1.92. The third kappa shape index (κ3) is 4.49. The smallest absolute Gasteiger partial charge is 0.339 e. The second-order valence-corrected chi connectivity index (χ2v) is 5.00. The summed E-state index contributed by atoms with van der Waals surface area (Å²) in [4.78, 5) is 33.5. The van der Waals surface area contributed by atoms with Crippen molar-refractivity contribution in [3.63, 3.8) is 0 Å². The Morgan fingerprint density at radius 2 is 2.12 bits per heavy atom. The quantitative estimate of drug-likeness (QED) is 0.561. The summed E-state index contributed by atoms with van der Waals surface area (Å²) in [7, 11) is 1.41. The monoisotopic (exact) mass is 370 g/mol. The zero-order valence-electron chi connectivity index (χ0n) is 13.2. The number of nitrogens with zero attached hydrogens (tertiary/aromatic N) is 3. The molecule has 0 spiro atoms. The number of aryl methyl sites for hydroxylation is 1. The van der Waals surface area contributed by atoms with Gasteiger partial charge in [-0.15, -0.1) is 0 Å². The number of nitro groups is 1. The molecule has 26 heavy (non-hydrogen) atoms. The molecule has 0 fully saturated rings. The summed E-state index contributed by atoms with van der Waals surface area (Å²) in [5.74, 6) is -2.58. The highest BCUT2D eigenvalue weighted by atomic mass is 19.3. The van der Waals surface area contributed by atoms with Crippen molar-refractivity contribution < 1.29 is 33.1 Å². The first-order chi connectivity index (χ1) is 12.2. The fraction of sp³-hybridized carbons (Fsp3) is 0.214. The molecule has 0 saturated heterocycles. The van der Waals surface area contributed by atoms with Crippen molar-refractivity contribution in [2.45, 2.75) is 6.43 Å². The van der Waals surface area contributed by atoms with Crippen LogP contribution in [-0.2, 0) is 7.05 Å². The molecule has 2 N–H and O–H groups in total. The van der Waals surface area contributed by atoms with Crippen molar-refractivity contribution in [2.24, 2.45) is 7.05 Å². The van der Waals surface area contributed by atoms with Crippen LogP contribution in [0.2, 0.25) is 0 Å². The van der Waals surface area contributed by atoms with E-state index in [2.05, 4.69) is 10.4 Å². The summed E-state index contributed by atoms with van der Waals surface area (Å²) in [5, 5.41) is 26.0. The molecular weight excluding hydrogens is 358 g/mol. The standard InChI is InChI=1S/C14H12F2N4O6/c1-19-5-10(14(22)23)12(18-19)13(21)17-7-2-8(20(24)25)4-9(3-7)26-6-11(15)16/h2-5,11H,6H2,1H3,(H,17,21)(H,22,23). The van der Waals surface area contributed by atoms with Crippen LogP contribution in [0.25, 0.3) is 0 Å². The van der Waals surface area contributed by atoms with E-state index in [1.165, 1.54) is 7.05 Å². The van der Waals surface area contributed by atoms with Crippen LogP contribution in [0.1, 0.15) is 20.8 Å². The van der Waals surface area contributed by atoms with Crippen LogP contribution in [0, 0.1) is 10.1 Å². The SMILES string of the molecule is Cn1cc(C(=O)O)c(C(=O)Nc2cc(OCC(F)F)cc([N+](=O)[O-])c2)n1. The Balaban J connectivity index is 2.31. The summed E-state index contributed by atoms with van der Waals surface area (Å²) in [6.07, 6.45) is -1.68. The molecule has 1 amide bonds. The number of carboxylic acid groups (broad SMARTS) is 1. The molecule has 0 aliphatic carbocycles. The van der Waals surface area contributed by atoms with E-state index in [-0.39, 0.29) is 17.0 Å². The number of anilines is 1. The number of aromatic nitrogens is 2. The fourth-order valence-electron chi connectivity index (χ4n) is 2.01. The number of benzene rings is 1. The van der Waals surface area contributed by atoms with Crippen molar-refractivity contribution >= 4 is 23.3 Å². The lowest BCUT2D eigenvalue weighted by atomic mass is 10.2. The number of hydrogen-bond acceptors (Lipinski definition) is 6. The number of alkyl halides is 2. The highest BCUT2D eigenvalue weighted by Gasteiger charge is 2.22. The first-order valence-corrected chi connectivity index (χ1v) is 6.96. The lowest BCUT2D eigenvalue weighted by Gasteiger charge is -2.09. The van der Waals surface area contributed by atoms with Gasteiger partial charge in [-0.1, -0.05) is 0 Å². The van der Waals surface area contributed by atoms with Crippen molar-refractivity contribution in [2.75, 3.05) is 11.9 Å². The van der Waals surface area contributed by atoms with Crippen LogP contribution in [0.5, 0.6) is 5.75 Å². The molecule has 0 radical (unpaired) electrons. The molecule has 1 aromatic heterocycles. The van der Waals surface area contributed by atoms with Gasteiger partial charge < -0.3 is 15.2 Å². The van der Waals surface area contributed by atoms with Crippen LogP contribution < -0.4 is 10.1 Å². The number of aromatic carboxylic acids is 1. The Morgan fingerprint density at radius 1 is 1.42 bits per heavy atom. The van der Waals surface area contributed by atoms with Gasteiger partial charge in [-0.3, -0.25) is 19.6 Å². The molecule has 12 heteroatoms. The minimum Gasteiger partial charge on any atom is -0.487 e. The Kier molecular flexibility index (Phi) is 5.45. The van der Waals surface area contributed by atoms with Crippen LogP contribution in [0.4, 0.5) is 20.2 Å². The Hall–Kier alpha value is -3.57. The van der Waals surface area contributed by atoms with Gasteiger partial charge in [0.1, 0.15) is 17.9 Å². The van der Waals surface area contributed by atoms with Crippen LogP contribution >= 0.6 is 0 Å². The van der Waals surface area contributed by atoms with E-state index < -0.39 is 41.2 Å². The maximum absolute atomic E-state index is 12.2. The van der Waals surface area contributed by atoms with Crippen molar-refractivity contribution in [1.29, 1.82) is 0 Å². The number of rotatable bonds is 7. The van der Waals surface area contributed by atoms with Crippen molar-refractivity contribution in [1.82, 2.24) is 9.78 Å². The Bertz CT molecular complexity index is 867. The number of carbonyl (C=O) groups is 2. The maximum Gasteiger partial charge on any atom is 0.339 e. The average molecular weight is 370 g/mol. The molecule has 0 bridgehead atoms. The van der Waals surface area contributed by atoms with E-state index >= 15 is 0 Å². The van der Waals surface area contributed by atoms with E-state index in [9.17, 15) is 28.5 Å². The van der Waals surface area contributed by atoms with Gasteiger partial charge in [0, 0.05) is 25.4 Å². The number of carbonyl (C=O) groups excluding carboxylic acids is 1. The number of hydrogen-bond donors (Lipinski definition) is 2. The van der Waals surface area contributed by atoms with Gasteiger partial charge in [0.25, 0.3) is 18.0 Å². The zero-order valence-corrected chi connectivity index (χ0v) is 13.2. The predicted molar refractivity (Wildman–Crippen MR) is 82.7 cm³/mol. The summed E-state index contributed by atoms with van der Waals surface area (Å²) in [6, 6.07) is 2.98. The van der Waals surface area contributed by atoms with E-state index in [1.807, 2.05) is 0 Å². The average Bonchev–Trinajstić information content (AvgIpc) is 2.95. The third-order valence-electron chi connectivity index (χ3n) is 3.01. The van der Waals surface area contributed by atoms with Gasteiger partial charge in [0.05, 0.1) is 16.7 Å². The Morgan fingerprint density at radius 3 is 2.69 bits per heavy atom. The van der Waals surface area contributed by atoms with E-state index in [0.29, 0.717) is 0 Å². The van der Waals surface area contributed by atoms with E-state index in [1.54, 1.807) is 0 Å². The number of nitrogens with one attached hydrogen (secondary N) is 1. The number of amides is 1. The van der Waals surface area contributed by atoms with Crippen LogP contribution in [0.15, 0.2) is 24.4 Å². The molecule has 2 rings (SSSR count). The highest BCUT2D eigenvalue weighted by molar-refractivity contribution is 6.09. The second kappa shape index (κ2) is 7.55. The molecule has 138 valence electrons. The van der Waals surface area contributed by atoms with Crippen LogP contribution in [-0.4, -0.2) is 44.7 Å². The molecular formula is C14H12F2N4O6. The molecule has 1 heterocycles. The molecule has 0 unspecified atom stereocenters. The first-order valence-electron chi connectivity index (χ1n) is 6.96. The summed E-state index contributed by atoms with van der Waals surface area (Å²) >= 11 is 0. The largest absolute Gasteiger partial charge is 0.487 e. The molecule has 10 nitrogen and oxygen atoms in total. The van der Waals surface area contributed by atoms with Gasteiger partial charge >= 0.3 is 5.97 Å². The van der Waals surface area contributed by atoms with E-state index in [4.69, 9.17) is 9.84 Å². The summed E-state index contributed by atoms with van der Waals surface area (Å²) in [5.41, 5.74) is -1.44. The lowest BCUT2D eigenvalue weighted by Crippen LogP contribution is -2.16. The number of carboxylic acids is 1. The lowest BCUT2D eigenvalue weighted by molar-refractivity contribution is -0.384. The normalized spacial score (nSPS) is 10.6. The van der Waals surface area contributed by atoms with E-state index in [0.717, 1.165) is 29.1 Å². The number of nitro benzene ring substituents is 1. The van der Waals surface area contributed by atoms with Gasteiger partial charge in [-0.2, -0.15) is 5.10 Å². The van der Waals surface area contributed by atoms with Gasteiger partial charge in [-0.05, 0) is 0 Å². The first kappa shape index (κ1) is 18.8. The van der Waals surface area contributed by atoms with Crippen molar-refractivity contribution in [3.05, 3.63) is 45.8 Å². The Labute approximate surface area is 144 Å². The van der Waals surface area contributed by atoms with Gasteiger partial charge in [0.15, 0.2) is 5.69 Å². The number of non-ortho nitro benzene ring substituents is 1. The van der Waals surface area contributed by atoms with Gasteiger partial charge in [-0.25, -0.2) is 13.6 Å². The molecule has 0 saturated carbocycles. The minimum absolute atomic E-state index is 0.143. The minimum atomic E-state index is -2.79. The number of ether oxygens (including phenoxy) is 1. The maximum atomic E-state index is 12.2. The molecule has 2 aromatic rings. The van der Waals surface area contributed by atoms with Gasteiger partial charge in [0.2, 0.25) is 0 Å². The zero-order chi connectivity index (χ0) is 19.4. The second-order valence-electron chi connectivity index (χ2n) is 5.00. The fourth-order valence-corrected chi connectivity index (χ4v) is 2.01. The highest BCUT2D eigenvalue weighted by Crippen LogP contribution is 2.27. The molecule has 1 aromatic carbocycles. The molecule has 0 atom stereocenters. The summed E-state index contributed by atoms with van der Waals surface area (Å²) < 4.78 is 30.3. The molecule has 0 aliphatic rings. The third-order valence-corrected chi connectivity index (χ3v) is 3.01. The topological polar surface area (TPSA) is 137 Å². The van der Waals surface area contributed by atoms with Crippen molar-refractivity contribution in [3.8, 4) is 5.75 Å².